The molecular formula is C47H29N3. The summed E-state index contributed by atoms with van der Waals surface area (Å²) in [6, 6.07) is 64.8. The van der Waals surface area contributed by atoms with Gasteiger partial charge >= 0.3 is 0 Å². The number of rotatable bonds is 4. The average molecular weight is 636 g/mol. The highest BCUT2D eigenvalue weighted by molar-refractivity contribution is 6.34. The number of nitriles is 1. The Morgan fingerprint density at radius 2 is 0.880 bits per heavy atom. The van der Waals surface area contributed by atoms with E-state index in [1.54, 1.807) is 0 Å². The first-order valence-electron chi connectivity index (χ1n) is 16.9. The van der Waals surface area contributed by atoms with Crippen LogP contribution in [-0.4, -0.2) is 9.13 Å². The first kappa shape index (κ1) is 28.2. The Morgan fingerprint density at radius 1 is 0.400 bits per heavy atom. The monoisotopic (exact) mass is 635 g/mol. The molecule has 0 aliphatic heterocycles. The molecule has 0 radical (unpaired) electrons. The summed E-state index contributed by atoms with van der Waals surface area (Å²) in [7, 11) is 0. The van der Waals surface area contributed by atoms with Gasteiger partial charge in [0, 0.05) is 49.4 Å². The maximum atomic E-state index is 10.5. The van der Waals surface area contributed by atoms with E-state index < -0.39 is 0 Å². The Balaban J connectivity index is 1.61. The highest BCUT2D eigenvalue weighted by Gasteiger charge is 2.29. The van der Waals surface area contributed by atoms with Crippen LogP contribution in [-0.2, 0) is 0 Å². The van der Waals surface area contributed by atoms with Gasteiger partial charge in [-0.2, -0.15) is 5.26 Å². The third kappa shape index (κ3) is 3.97. The molecule has 0 saturated heterocycles. The largest absolute Gasteiger partial charge is 0.309 e. The van der Waals surface area contributed by atoms with Gasteiger partial charge in [0.15, 0.2) is 0 Å². The number of aromatic nitrogens is 2. The second kappa shape index (κ2) is 11.1. The molecule has 0 fully saturated rings. The van der Waals surface area contributed by atoms with Crippen molar-refractivity contribution in [2.75, 3.05) is 0 Å². The van der Waals surface area contributed by atoms with Crippen LogP contribution >= 0.6 is 0 Å². The number of nitrogens with zero attached hydrogens (tertiary/aromatic N) is 3. The number of hydrogen-bond donors (Lipinski definition) is 0. The fourth-order valence-electron chi connectivity index (χ4n) is 8.18. The smallest absolute Gasteiger partial charge is 0.0998 e. The molecule has 0 amide bonds. The van der Waals surface area contributed by atoms with Crippen LogP contribution in [0.4, 0.5) is 0 Å². The molecule has 10 aromatic rings. The highest BCUT2D eigenvalue weighted by atomic mass is 15.0. The molecule has 2 heterocycles. The van der Waals surface area contributed by atoms with Crippen LogP contribution in [0.25, 0.3) is 88.0 Å². The van der Waals surface area contributed by atoms with E-state index in [-0.39, 0.29) is 0 Å². The summed E-state index contributed by atoms with van der Waals surface area (Å²) in [5.41, 5.74) is 11.9. The standard InChI is InChI=1S/C47H29N3/c48-30-33-20-14-18-31-19-15-27-38(41(31)33)43-44-36-25-10-12-28-39(36)49(34-21-6-2-7-22-34)46(44)42(32-16-4-1-5-17-32)47-45(43)37-26-11-13-29-40(37)50(47)35-23-8-3-9-24-35/h1-29H. The normalized spacial score (nSPS) is 11.6. The molecule has 0 aliphatic rings. The zero-order valence-electron chi connectivity index (χ0n) is 27.1. The summed E-state index contributed by atoms with van der Waals surface area (Å²) in [6.45, 7) is 0. The van der Waals surface area contributed by atoms with E-state index in [9.17, 15) is 5.26 Å². The zero-order valence-corrected chi connectivity index (χ0v) is 27.1. The Labute approximate surface area is 289 Å². The lowest BCUT2D eigenvalue weighted by Crippen LogP contribution is -2.00. The van der Waals surface area contributed by atoms with Crippen LogP contribution in [0, 0.1) is 11.3 Å². The summed E-state index contributed by atoms with van der Waals surface area (Å²) in [5.74, 6) is 0. The van der Waals surface area contributed by atoms with Crippen LogP contribution in [0.2, 0.25) is 0 Å². The maximum absolute atomic E-state index is 10.5. The van der Waals surface area contributed by atoms with Crippen LogP contribution in [0.1, 0.15) is 5.56 Å². The van der Waals surface area contributed by atoms with E-state index in [0.29, 0.717) is 5.56 Å². The van der Waals surface area contributed by atoms with Crippen molar-refractivity contribution in [3.8, 4) is 39.7 Å². The van der Waals surface area contributed by atoms with Gasteiger partial charge < -0.3 is 9.13 Å². The fourth-order valence-corrected chi connectivity index (χ4v) is 8.18. The van der Waals surface area contributed by atoms with Crippen molar-refractivity contribution in [3.63, 3.8) is 0 Å². The molecule has 0 spiro atoms. The van der Waals surface area contributed by atoms with Crippen molar-refractivity contribution in [3.05, 3.63) is 181 Å². The van der Waals surface area contributed by atoms with Gasteiger partial charge in [-0.05, 0) is 59.0 Å². The molecule has 0 atom stereocenters. The lowest BCUT2D eigenvalue weighted by Gasteiger charge is -2.19. The molecule has 0 N–H and O–H groups in total. The van der Waals surface area contributed by atoms with E-state index >= 15 is 0 Å². The molecular weight excluding hydrogens is 607 g/mol. The van der Waals surface area contributed by atoms with E-state index in [1.165, 1.54) is 27.1 Å². The van der Waals surface area contributed by atoms with Gasteiger partial charge in [-0.25, -0.2) is 0 Å². The van der Waals surface area contributed by atoms with Crippen molar-refractivity contribution >= 4 is 54.4 Å². The van der Waals surface area contributed by atoms with Gasteiger partial charge in [-0.1, -0.05) is 133 Å². The zero-order chi connectivity index (χ0) is 33.2. The Morgan fingerprint density at radius 3 is 1.42 bits per heavy atom. The minimum atomic E-state index is 0.671. The maximum Gasteiger partial charge on any atom is 0.0998 e. The summed E-state index contributed by atoms with van der Waals surface area (Å²) in [4.78, 5) is 0. The van der Waals surface area contributed by atoms with Crippen LogP contribution in [0.3, 0.4) is 0 Å². The van der Waals surface area contributed by atoms with Gasteiger partial charge in [0.25, 0.3) is 0 Å². The Kier molecular flexibility index (Phi) is 6.24. The molecule has 3 heteroatoms. The lowest BCUT2D eigenvalue weighted by atomic mass is 9.86. The topological polar surface area (TPSA) is 33.6 Å². The molecule has 0 aliphatic carbocycles. The molecule has 10 rings (SSSR count). The molecule has 50 heavy (non-hydrogen) atoms. The molecule has 3 nitrogen and oxygen atoms in total. The Hall–Kier alpha value is -6.89. The van der Waals surface area contributed by atoms with E-state index in [0.717, 1.165) is 60.9 Å². The quantitative estimate of drug-likeness (QED) is 0.189. The first-order valence-corrected chi connectivity index (χ1v) is 16.9. The summed E-state index contributed by atoms with van der Waals surface area (Å²) >= 11 is 0. The molecule has 2 aromatic heterocycles. The van der Waals surface area contributed by atoms with Gasteiger partial charge in [-0.3, -0.25) is 0 Å². The van der Waals surface area contributed by atoms with Crippen LogP contribution in [0.5, 0.6) is 0 Å². The molecule has 0 bridgehead atoms. The van der Waals surface area contributed by atoms with Gasteiger partial charge in [0.1, 0.15) is 0 Å². The van der Waals surface area contributed by atoms with Gasteiger partial charge in [0.05, 0.1) is 33.7 Å². The minimum absolute atomic E-state index is 0.671. The summed E-state index contributed by atoms with van der Waals surface area (Å²) < 4.78 is 4.89. The third-order valence-electron chi connectivity index (χ3n) is 10.1. The van der Waals surface area contributed by atoms with E-state index in [2.05, 4.69) is 179 Å². The van der Waals surface area contributed by atoms with E-state index in [1.807, 2.05) is 12.1 Å². The average Bonchev–Trinajstić information content (AvgIpc) is 3.71. The third-order valence-corrected chi connectivity index (χ3v) is 10.1. The molecule has 232 valence electrons. The SMILES string of the molecule is N#Cc1cccc2cccc(-c3c4c5ccccc5n(-c5ccccc5)c4c(-c4ccccc4)c4c3c3ccccc3n4-c3ccccc3)c12. The molecule has 0 saturated carbocycles. The number of fused-ring (bicyclic) bond motifs is 7. The van der Waals surface area contributed by atoms with Crippen molar-refractivity contribution < 1.29 is 0 Å². The lowest BCUT2D eigenvalue weighted by molar-refractivity contribution is 1.17. The number of para-hydroxylation sites is 4. The second-order valence-electron chi connectivity index (χ2n) is 12.8. The number of benzene rings is 8. The number of hydrogen-bond acceptors (Lipinski definition) is 1. The molecule has 8 aromatic carbocycles. The summed E-state index contributed by atoms with van der Waals surface area (Å²) in [5, 5.41) is 17.2. The van der Waals surface area contributed by atoms with E-state index in [4.69, 9.17) is 0 Å². The summed E-state index contributed by atoms with van der Waals surface area (Å²) in [6.07, 6.45) is 0. The van der Waals surface area contributed by atoms with Crippen LogP contribution < -0.4 is 0 Å². The second-order valence-corrected chi connectivity index (χ2v) is 12.8. The fraction of sp³-hybridized carbons (Fsp3) is 0. The van der Waals surface area contributed by atoms with Gasteiger partial charge in [0.2, 0.25) is 0 Å². The molecule has 0 unspecified atom stereocenters. The Bertz CT molecular complexity index is 2820. The van der Waals surface area contributed by atoms with Gasteiger partial charge in [-0.15, -0.1) is 0 Å². The predicted molar refractivity (Wildman–Crippen MR) is 208 cm³/mol. The van der Waals surface area contributed by atoms with Crippen molar-refractivity contribution in [1.82, 2.24) is 9.13 Å². The van der Waals surface area contributed by atoms with Crippen molar-refractivity contribution in [2.45, 2.75) is 0 Å². The highest BCUT2D eigenvalue weighted by Crippen LogP contribution is 2.53. The van der Waals surface area contributed by atoms with Crippen molar-refractivity contribution in [1.29, 1.82) is 5.26 Å². The first-order chi connectivity index (χ1) is 24.8. The minimum Gasteiger partial charge on any atom is -0.309 e. The predicted octanol–water partition coefficient (Wildman–Crippen LogP) is 12.2. The van der Waals surface area contributed by atoms with Crippen molar-refractivity contribution in [2.24, 2.45) is 0 Å². The van der Waals surface area contributed by atoms with Crippen LogP contribution in [0.15, 0.2) is 176 Å².